The molecule has 0 amide bonds. The molecule has 6 N–H and O–H groups in total. The van der Waals surface area contributed by atoms with Crippen molar-refractivity contribution in [3.05, 3.63) is 11.5 Å². The van der Waals surface area contributed by atoms with Gasteiger partial charge in [0.05, 0.1) is 6.61 Å². The first-order valence-electron chi connectivity index (χ1n) is 11.7. The zero-order chi connectivity index (χ0) is 25.3. The fraction of sp³-hybridized carbons (Fsp3) is 0.818. The van der Waals surface area contributed by atoms with Crippen molar-refractivity contribution >= 4 is 11.9 Å². The number of hydrogen-bond donors (Lipinski definition) is 6. The van der Waals surface area contributed by atoms with Crippen LogP contribution in [0.15, 0.2) is 11.5 Å². The second-order valence-corrected chi connectivity index (χ2v) is 8.48. The zero-order valence-electron chi connectivity index (χ0n) is 19.2. The second kappa shape index (κ2) is 13.8. The summed E-state index contributed by atoms with van der Waals surface area (Å²) in [5.41, 5.74) is 0. The Bertz CT molecular complexity index is 693. The van der Waals surface area contributed by atoms with Crippen LogP contribution in [0.3, 0.4) is 0 Å². The minimum Gasteiger partial charge on any atom is -0.505 e. The average molecular weight is 493 g/mol. The van der Waals surface area contributed by atoms with Crippen LogP contribution in [0.5, 0.6) is 0 Å². The van der Waals surface area contributed by atoms with Crippen molar-refractivity contribution in [1.82, 2.24) is 0 Å². The third-order valence-electron chi connectivity index (χ3n) is 5.75. The fourth-order valence-corrected chi connectivity index (χ4v) is 3.67. The van der Waals surface area contributed by atoms with Gasteiger partial charge in [-0.05, 0) is 6.42 Å². The highest BCUT2D eigenvalue weighted by atomic mass is 16.7. The van der Waals surface area contributed by atoms with Crippen molar-refractivity contribution in [1.29, 1.82) is 0 Å². The van der Waals surface area contributed by atoms with Crippen molar-refractivity contribution in [2.24, 2.45) is 0 Å². The lowest BCUT2D eigenvalue weighted by Gasteiger charge is -2.39. The average Bonchev–Trinajstić information content (AvgIpc) is 3.10. The molecule has 0 saturated carbocycles. The molecule has 12 nitrogen and oxygen atoms in total. The highest BCUT2D eigenvalue weighted by Crippen LogP contribution is 2.29. The number of ether oxygens (including phenoxy) is 4. The van der Waals surface area contributed by atoms with Gasteiger partial charge in [-0.3, -0.25) is 4.79 Å². The van der Waals surface area contributed by atoms with Gasteiger partial charge >= 0.3 is 11.9 Å². The maximum atomic E-state index is 12.1. The molecule has 2 rings (SSSR count). The minimum atomic E-state index is -1.82. The molecule has 2 heterocycles. The monoisotopic (exact) mass is 492 g/mol. The maximum Gasteiger partial charge on any atom is 0.378 e. The Morgan fingerprint density at radius 2 is 1.68 bits per heavy atom. The van der Waals surface area contributed by atoms with E-state index in [1.54, 1.807) is 0 Å². The van der Waals surface area contributed by atoms with Gasteiger partial charge in [0.2, 0.25) is 12.0 Å². The highest BCUT2D eigenvalue weighted by Gasteiger charge is 2.48. The predicted molar refractivity (Wildman–Crippen MR) is 114 cm³/mol. The molecule has 1 fully saturated rings. The number of unbranched alkanes of at least 4 members (excludes halogenated alkanes) is 6. The number of aliphatic hydroxyl groups excluding tert-OH is 6. The molecule has 0 aromatic heterocycles. The van der Waals surface area contributed by atoms with Gasteiger partial charge < -0.3 is 49.6 Å². The summed E-state index contributed by atoms with van der Waals surface area (Å²) in [7, 11) is 0. The molecule has 2 aliphatic heterocycles. The molecular formula is C22H36O12. The lowest BCUT2D eigenvalue weighted by molar-refractivity contribution is -0.291. The van der Waals surface area contributed by atoms with E-state index in [2.05, 4.69) is 6.92 Å². The van der Waals surface area contributed by atoms with E-state index in [0.29, 0.717) is 6.42 Å². The number of rotatable bonds is 14. The van der Waals surface area contributed by atoms with Crippen LogP contribution in [0.25, 0.3) is 0 Å². The summed E-state index contributed by atoms with van der Waals surface area (Å²) in [4.78, 5) is 24.0. The van der Waals surface area contributed by atoms with E-state index in [4.69, 9.17) is 18.9 Å². The SMILES string of the molecule is CCCCCCCCCC(=O)OC[C@H](O)[C@H]1OC(=O)C(O[C@H]2O[C@H](CO)[C@@H](O)[C@H](O)[C@H]2O)=C1O. The predicted octanol–water partition coefficient (Wildman–Crippen LogP) is -0.457. The number of esters is 2. The Kier molecular flexibility index (Phi) is 11.5. The Morgan fingerprint density at radius 3 is 2.32 bits per heavy atom. The fourth-order valence-electron chi connectivity index (χ4n) is 3.67. The molecule has 0 aromatic carbocycles. The highest BCUT2D eigenvalue weighted by molar-refractivity contribution is 5.89. The van der Waals surface area contributed by atoms with Crippen LogP contribution in [0.1, 0.15) is 58.3 Å². The Balaban J connectivity index is 1.82. The molecule has 0 aromatic rings. The second-order valence-electron chi connectivity index (χ2n) is 8.48. The first kappa shape index (κ1) is 28.3. The quantitative estimate of drug-likeness (QED) is 0.135. The van der Waals surface area contributed by atoms with Crippen molar-refractivity contribution in [3.8, 4) is 0 Å². The number of carbonyl (C=O) groups excluding carboxylic acids is 2. The molecule has 0 unspecified atom stereocenters. The van der Waals surface area contributed by atoms with E-state index >= 15 is 0 Å². The van der Waals surface area contributed by atoms with Crippen LogP contribution in [-0.4, -0.2) is 98.7 Å². The van der Waals surface area contributed by atoms with Crippen LogP contribution in [0, 0.1) is 0 Å². The van der Waals surface area contributed by atoms with E-state index in [0.717, 1.165) is 25.7 Å². The normalized spacial score (nSPS) is 30.2. The third kappa shape index (κ3) is 7.52. The molecule has 196 valence electrons. The van der Waals surface area contributed by atoms with Crippen molar-refractivity contribution in [2.45, 2.75) is 101 Å². The molecular weight excluding hydrogens is 456 g/mol. The standard InChI is InChI=1S/C22H36O12/c1-2-3-4-5-6-7-8-9-14(25)31-11-12(24)19-18(29)20(21(30)33-19)34-22-17(28)16(27)15(26)13(10-23)32-22/h12-13,15-17,19,22-24,26-29H,2-11H2,1H3/t12-,13+,15+,16-,17+,19+,22+/m0/s1. The van der Waals surface area contributed by atoms with Crippen LogP contribution < -0.4 is 0 Å². The van der Waals surface area contributed by atoms with Crippen molar-refractivity contribution < 1.29 is 59.2 Å². The van der Waals surface area contributed by atoms with Crippen LogP contribution >= 0.6 is 0 Å². The number of aliphatic hydroxyl groups is 6. The number of hydrogen-bond acceptors (Lipinski definition) is 12. The first-order valence-corrected chi connectivity index (χ1v) is 11.7. The number of cyclic esters (lactones) is 1. The zero-order valence-corrected chi connectivity index (χ0v) is 19.2. The van der Waals surface area contributed by atoms with Gasteiger partial charge in [-0.2, -0.15) is 0 Å². The Hall–Kier alpha value is -1.96. The van der Waals surface area contributed by atoms with Crippen LogP contribution in [0.4, 0.5) is 0 Å². The maximum absolute atomic E-state index is 12.1. The lowest BCUT2D eigenvalue weighted by atomic mass is 9.99. The van der Waals surface area contributed by atoms with E-state index in [1.165, 1.54) is 12.8 Å². The Labute approximate surface area is 197 Å². The van der Waals surface area contributed by atoms with E-state index in [9.17, 15) is 40.2 Å². The van der Waals surface area contributed by atoms with Gasteiger partial charge in [0, 0.05) is 6.42 Å². The van der Waals surface area contributed by atoms with Gasteiger partial charge in [0.15, 0.2) is 11.9 Å². The van der Waals surface area contributed by atoms with Crippen LogP contribution in [-0.2, 0) is 28.5 Å². The molecule has 34 heavy (non-hydrogen) atoms. The van der Waals surface area contributed by atoms with Gasteiger partial charge in [0.1, 0.15) is 37.1 Å². The molecule has 12 heteroatoms. The summed E-state index contributed by atoms with van der Waals surface area (Å²) in [5, 5.41) is 59.3. The molecule has 1 saturated heterocycles. The summed E-state index contributed by atoms with van der Waals surface area (Å²) >= 11 is 0. The smallest absolute Gasteiger partial charge is 0.378 e. The summed E-state index contributed by atoms with van der Waals surface area (Å²) in [6.07, 6.45) is -3.99. The van der Waals surface area contributed by atoms with Gasteiger partial charge in [-0.1, -0.05) is 45.4 Å². The summed E-state index contributed by atoms with van der Waals surface area (Å²) in [5.74, 6) is -3.33. The van der Waals surface area contributed by atoms with Gasteiger partial charge in [0.25, 0.3) is 0 Å². The molecule has 2 aliphatic rings. The lowest BCUT2D eigenvalue weighted by Crippen LogP contribution is -2.59. The van der Waals surface area contributed by atoms with E-state index in [1.807, 2.05) is 0 Å². The molecule has 7 atom stereocenters. The van der Waals surface area contributed by atoms with Crippen molar-refractivity contribution in [3.63, 3.8) is 0 Å². The summed E-state index contributed by atoms with van der Waals surface area (Å²) < 4.78 is 20.1. The largest absolute Gasteiger partial charge is 0.505 e. The topological polar surface area (TPSA) is 192 Å². The minimum absolute atomic E-state index is 0.179. The third-order valence-corrected chi connectivity index (χ3v) is 5.75. The Morgan fingerprint density at radius 1 is 1.03 bits per heavy atom. The van der Waals surface area contributed by atoms with E-state index in [-0.39, 0.29) is 6.42 Å². The first-order chi connectivity index (χ1) is 16.2. The molecule has 0 bridgehead atoms. The summed E-state index contributed by atoms with van der Waals surface area (Å²) in [6.45, 7) is 0.886. The number of carbonyl (C=O) groups is 2. The summed E-state index contributed by atoms with van der Waals surface area (Å²) in [6, 6.07) is 0. The molecule has 0 radical (unpaired) electrons. The van der Waals surface area contributed by atoms with E-state index < -0.39 is 79.6 Å². The molecule has 0 spiro atoms. The van der Waals surface area contributed by atoms with Crippen molar-refractivity contribution in [2.75, 3.05) is 13.2 Å². The van der Waals surface area contributed by atoms with Gasteiger partial charge in [-0.15, -0.1) is 0 Å². The van der Waals surface area contributed by atoms with Crippen LogP contribution in [0.2, 0.25) is 0 Å². The molecule has 0 aliphatic carbocycles. The van der Waals surface area contributed by atoms with Gasteiger partial charge in [-0.25, -0.2) is 4.79 Å².